The van der Waals surface area contributed by atoms with Gasteiger partial charge in [0.1, 0.15) is 5.82 Å². The molecule has 1 amide bonds. The number of hydrogen-bond acceptors (Lipinski definition) is 2. The second-order valence-electron chi connectivity index (χ2n) is 3.04. The number of imidazole rings is 1. The molecule has 0 bridgehead atoms. The molecule has 0 spiro atoms. The van der Waals surface area contributed by atoms with Crippen LogP contribution in [0.2, 0.25) is 0 Å². The molecule has 1 heterocycles. The van der Waals surface area contributed by atoms with Gasteiger partial charge in [-0.3, -0.25) is 4.79 Å². The van der Waals surface area contributed by atoms with Crippen molar-refractivity contribution in [2.24, 2.45) is 7.05 Å². The Hall–Kier alpha value is -1.32. The zero-order valence-corrected chi connectivity index (χ0v) is 8.24. The molecule has 4 nitrogen and oxygen atoms in total. The van der Waals surface area contributed by atoms with Gasteiger partial charge in [-0.05, 0) is 6.92 Å². The first-order valence-electron chi connectivity index (χ1n) is 4.41. The van der Waals surface area contributed by atoms with Gasteiger partial charge < -0.3 is 9.88 Å². The highest BCUT2D eigenvalue weighted by molar-refractivity contribution is 5.75. The van der Waals surface area contributed by atoms with Crippen LogP contribution in [0.3, 0.4) is 0 Å². The average Bonchev–Trinajstić information content (AvgIpc) is 2.51. The van der Waals surface area contributed by atoms with Crippen molar-refractivity contribution in [3.05, 3.63) is 18.2 Å². The molecule has 0 radical (unpaired) electrons. The van der Waals surface area contributed by atoms with E-state index in [0.29, 0.717) is 6.42 Å². The summed E-state index contributed by atoms with van der Waals surface area (Å²) in [6.07, 6.45) is 4.10. The summed E-state index contributed by atoms with van der Waals surface area (Å²) in [4.78, 5) is 15.2. The van der Waals surface area contributed by atoms with E-state index in [2.05, 4.69) is 10.3 Å². The van der Waals surface area contributed by atoms with Crippen LogP contribution in [0.15, 0.2) is 12.4 Å². The van der Waals surface area contributed by atoms with Crippen molar-refractivity contribution in [3.63, 3.8) is 0 Å². The van der Waals surface area contributed by atoms with Crippen LogP contribution in [-0.4, -0.2) is 15.5 Å². The van der Waals surface area contributed by atoms with Crippen LogP contribution in [-0.2, 0) is 11.8 Å². The molecule has 1 aromatic rings. The zero-order chi connectivity index (χ0) is 9.84. The van der Waals surface area contributed by atoms with Crippen LogP contribution >= 0.6 is 0 Å². The first-order valence-corrected chi connectivity index (χ1v) is 4.41. The molecule has 0 fully saturated rings. The van der Waals surface area contributed by atoms with Crippen LogP contribution in [0.5, 0.6) is 0 Å². The van der Waals surface area contributed by atoms with E-state index in [1.54, 1.807) is 6.20 Å². The molecule has 0 aliphatic heterocycles. The molecule has 4 heteroatoms. The minimum absolute atomic E-state index is 0.0209. The fraction of sp³-hybridized carbons (Fsp3) is 0.556. The van der Waals surface area contributed by atoms with Gasteiger partial charge in [-0.25, -0.2) is 4.98 Å². The van der Waals surface area contributed by atoms with Crippen molar-refractivity contribution >= 4 is 5.91 Å². The van der Waals surface area contributed by atoms with Crippen molar-refractivity contribution in [1.29, 1.82) is 0 Å². The van der Waals surface area contributed by atoms with Crippen molar-refractivity contribution < 1.29 is 4.79 Å². The molecule has 0 saturated carbocycles. The van der Waals surface area contributed by atoms with E-state index >= 15 is 0 Å². The first-order chi connectivity index (χ1) is 6.15. The Morgan fingerprint density at radius 3 is 2.92 bits per heavy atom. The van der Waals surface area contributed by atoms with E-state index in [1.807, 2.05) is 31.7 Å². The lowest BCUT2D eigenvalue weighted by Crippen LogP contribution is -2.27. The molecule has 0 aliphatic rings. The third kappa shape index (κ3) is 2.31. The van der Waals surface area contributed by atoms with E-state index in [9.17, 15) is 4.79 Å². The normalized spacial score (nSPS) is 12.5. The lowest BCUT2D eigenvalue weighted by molar-refractivity contribution is -0.121. The molecular weight excluding hydrogens is 166 g/mol. The van der Waals surface area contributed by atoms with Gasteiger partial charge in [-0.15, -0.1) is 0 Å². The Morgan fingerprint density at radius 1 is 1.77 bits per heavy atom. The molecule has 0 aliphatic carbocycles. The van der Waals surface area contributed by atoms with E-state index in [4.69, 9.17) is 0 Å². The fourth-order valence-electron chi connectivity index (χ4n) is 1.20. The third-order valence-electron chi connectivity index (χ3n) is 1.94. The maximum Gasteiger partial charge on any atom is 0.220 e. The second kappa shape index (κ2) is 4.07. The number of carbonyl (C=O) groups is 1. The molecule has 1 aromatic heterocycles. The minimum atomic E-state index is -0.0209. The number of hydrogen-bond donors (Lipinski definition) is 1. The molecule has 0 saturated heterocycles. The Morgan fingerprint density at radius 2 is 2.46 bits per heavy atom. The summed E-state index contributed by atoms with van der Waals surface area (Å²) in [5.74, 6) is 0.928. The van der Waals surface area contributed by atoms with E-state index in [1.165, 1.54) is 0 Å². The number of aromatic nitrogens is 2. The molecular formula is C9H15N3O. The van der Waals surface area contributed by atoms with Crippen LogP contribution in [0.25, 0.3) is 0 Å². The predicted octanol–water partition coefficient (Wildman–Crippen LogP) is 1.01. The molecule has 13 heavy (non-hydrogen) atoms. The summed E-state index contributed by atoms with van der Waals surface area (Å²) in [6, 6.07) is -0.0209. The van der Waals surface area contributed by atoms with Crippen molar-refractivity contribution in [2.45, 2.75) is 26.3 Å². The highest BCUT2D eigenvalue weighted by Gasteiger charge is 2.11. The van der Waals surface area contributed by atoms with Crippen molar-refractivity contribution in [2.75, 3.05) is 0 Å². The monoisotopic (exact) mass is 181 g/mol. The van der Waals surface area contributed by atoms with Gasteiger partial charge in [-0.2, -0.15) is 0 Å². The first kappa shape index (κ1) is 9.77. The Labute approximate surface area is 78.0 Å². The summed E-state index contributed by atoms with van der Waals surface area (Å²) in [5, 5.41) is 2.85. The highest BCUT2D eigenvalue weighted by atomic mass is 16.1. The summed E-state index contributed by atoms with van der Waals surface area (Å²) >= 11 is 0. The van der Waals surface area contributed by atoms with E-state index in [-0.39, 0.29) is 11.9 Å². The second-order valence-corrected chi connectivity index (χ2v) is 3.04. The topological polar surface area (TPSA) is 46.9 Å². The molecule has 1 unspecified atom stereocenters. The van der Waals surface area contributed by atoms with Crippen LogP contribution in [0, 0.1) is 0 Å². The van der Waals surface area contributed by atoms with Gasteiger partial charge in [0.15, 0.2) is 0 Å². The van der Waals surface area contributed by atoms with Gasteiger partial charge in [-0.1, -0.05) is 6.92 Å². The SMILES string of the molecule is CCC(=O)NC(C)c1nccn1C. The number of nitrogens with one attached hydrogen (secondary N) is 1. The molecule has 1 rings (SSSR count). The van der Waals surface area contributed by atoms with E-state index < -0.39 is 0 Å². The average molecular weight is 181 g/mol. The van der Waals surface area contributed by atoms with E-state index in [0.717, 1.165) is 5.82 Å². The van der Waals surface area contributed by atoms with Gasteiger partial charge in [0.2, 0.25) is 5.91 Å². The maximum absolute atomic E-state index is 11.1. The lowest BCUT2D eigenvalue weighted by atomic mass is 10.3. The van der Waals surface area contributed by atoms with Gasteiger partial charge in [0.05, 0.1) is 6.04 Å². The maximum atomic E-state index is 11.1. The summed E-state index contributed by atoms with van der Waals surface area (Å²) in [5.41, 5.74) is 0. The molecule has 0 aromatic carbocycles. The van der Waals surface area contributed by atoms with Crippen LogP contribution < -0.4 is 5.32 Å². The summed E-state index contributed by atoms with van der Waals surface area (Å²) in [7, 11) is 1.91. The van der Waals surface area contributed by atoms with Crippen molar-refractivity contribution in [3.8, 4) is 0 Å². The minimum Gasteiger partial charge on any atom is -0.346 e. The van der Waals surface area contributed by atoms with Crippen LogP contribution in [0.4, 0.5) is 0 Å². The smallest absolute Gasteiger partial charge is 0.220 e. The number of rotatable bonds is 3. The lowest BCUT2D eigenvalue weighted by Gasteiger charge is -2.12. The quantitative estimate of drug-likeness (QED) is 0.756. The Bertz CT molecular complexity index is 293. The highest BCUT2D eigenvalue weighted by Crippen LogP contribution is 2.07. The van der Waals surface area contributed by atoms with Gasteiger partial charge >= 0.3 is 0 Å². The standard InChI is InChI=1S/C9H15N3O/c1-4-8(13)11-7(2)9-10-5-6-12(9)3/h5-7H,4H2,1-3H3,(H,11,13). The summed E-state index contributed by atoms with van der Waals surface area (Å²) in [6.45, 7) is 3.76. The number of carbonyl (C=O) groups excluding carboxylic acids is 1. The third-order valence-corrected chi connectivity index (χ3v) is 1.94. The number of aryl methyl sites for hydroxylation is 1. The fourth-order valence-corrected chi connectivity index (χ4v) is 1.20. The molecule has 1 atom stereocenters. The largest absolute Gasteiger partial charge is 0.346 e. The number of nitrogens with zero attached hydrogens (tertiary/aromatic N) is 2. The Balaban J connectivity index is 2.63. The van der Waals surface area contributed by atoms with Gasteiger partial charge in [0, 0.05) is 25.9 Å². The predicted molar refractivity (Wildman–Crippen MR) is 50.1 cm³/mol. The molecule has 72 valence electrons. The zero-order valence-electron chi connectivity index (χ0n) is 8.24. The number of amides is 1. The summed E-state index contributed by atoms with van der Waals surface area (Å²) < 4.78 is 1.90. The van der Waals surface area contributed by atoms with Crippen molar-refractivity contribution in [1.82, 2.24) is 14.9 Å². The van der Waals surface area contributed by atoms with Gasteiger partial charge in [0.25, 0.3) is 0 Å². The Kier molecular flexibility index (Phi) is 3.06. The molecule has 1 N–H and O–H groups in total. The van der Waals surface area contributed by atoms with Crippen LogP contribution in [0.1, 0.15) is 32.1 Å².